The van der Waals surface area contributed by atoms with E-state index < -0.39 is 0 Å². The van der Waals surface area contributed by atoms with Gasteiger partial charge in [0.2, 0.25) is 0 Å². The van der Waals surface area contributed by atoms with E-state index in [2.05, 4.69) is 25.2 Å². The Labute approximate surface area is 93.8 Å². The second-order valence-corrected chi connectivity index (χ2v) is 3.46. The molecule has 15 heavy (non-hydrogen) atoms. The largest absolute Gasteiger partial charge is 0.193 e. The lowest BCUT2D eigenvalue weighted by Gasteiger charge is -1.91. The van der Waals surface area contributed by atoms with Crippen molar-refractivity contribution in [1.82, 2.24) is 0 Å². The van der Waals surface area contributed by atoms with Crippen LogP contribution >= 0.6 is 0 Å². The molecule has 0 spiro atoms. The number of nitriles is 1. The van der Waals surface area contributed by atoms with Gasteiger partial charge in [-0.2, -0.15) is 5.26 Å². The van der Waals surface area contributed by atoms with Gasteiger partial charge in [0.05, 0.1) is 6.07 Å². The van der Waals surface area contributed by atoms with Crippen molar-refractivity contribution in [3.05, 3.63) is 36.5 Å². The normalized spacial score (nSPS) is 11.7. The van der Waals surface area contributed by atoms with Crippen molar-refractivity contribution in [2.75, 3.05) is 0 Å². The fraction of sp³-hybridized carbons (Fsp3) is 0.500. The van der Waals surface area contributed by atoms with E-state index in [0.717, 1.165) is 12.8 Å². The molecule has 0 saturated heterocycles. The molecule has 0 aromatic rings. The van der Waals surface area contributed by atoms with Crippen LogP contribution in [0, 0.1) is 11.3 Å². The van der Waals surface area contributed by atoms with Crippen LogP contribution in [0.4, 0.5) is 0 Å². The summed E-state index contributed by atoms with van der Waals surface area (Å²) in [7, 11) is 0. The molecule has 0 rings (SSSR count). The zero-order valence-electron chi connectivity index (χ0n) is 9.65. The molecule has 0 radical (unpaired) electrons. The standard InChI is InChI=1S/C14H21N/c1-2-3-4-5-6-7-8-9-10-11-12-13-14-15/h6-7,10-13H,2-5,8-9H2,1H3/b7-6+,11-10+,13-12+. The van der Waals surface area contributed by atoms with Crippen LogP contribution in [0.3, 0.4) is 0 Å². The number of hydrogen-bond donors (Lipinski definition) is 0. The summed E-state index contributed by atoms with van der Waals surface area (Å²) in [6, 6.07) is 1.95. The van der Waals surface area contributed by atoms with Gasteiger partial charge in [-0.25, -0.2) is 0 Å². The van der Waals surface area contributed by atoms with Crippen molar-refractivity contribution in [3.63, 3.8) is 0 Å². The minimum Gasteiger partial charge on any atom is -0.193 e. The Hall–Kier alpha value is -1.29. The number of hydrogen-bond acceptors (Lipinski definition) is 1. The van der Waals surface area contributed by atoms with Gasteiger partial charge >= 0.3 is 0 Å². The van der Waals surface area contributed by atoms with Crippen molar-refractivity contribution < 1.29 is 0 Å². The highest BCUT2D eigenvalue weighted by molar-refractivity contribution is 5.11. The van der Waals surface area contributed by atoms with E-state index in [1.165, 1.54) is 31.8 Å². The molecule has 0 aromatic carbocycles. The molecule has 0 N–H and O–H groups in total. The van der Waals surface area contributed by atoms with Crippen LogP contribution in [0.2, 0.25) is 0 Å². The quantitative estimate of drug-likeness (QED) is 0.246. The van der Waals surface area contributed by atoms with Gasteiger partial charge in [-0.05, 0) is 25.7 Å². The summed E-state index contributed by atoms with van der Waals surface area (Å²) in [5.74, 6) is 0. The van der Waals surface area contributed by atoms with E-state index in [1.54, 1.807) is 6.08 Å². The predicted molar refractivity (Wildman–Crippen MR) is 66.4 cm³/mol. The van der Waals surface area contributed by atoms with E-state index in [-0.39, 0.29) is 0 Å². The Morgan fingerprint density at radius 2 is 1.67 bits per heavy atom. The Bertz CT molecular complexity index is 241. The van der Waals surface area contributed by atoms with E-state index in [9.17, 15) is 0 Å². The summed E-state index contributed by atoms with van der Waals surface area (Å²) in [4.78, 5) is 0. The molecule has 0 heterocycles. The van der Waals surface area contributed by atoms with Crippen molar-refractivity contribution >= 4 is 0 Å². The lowest BCUT2D eigenvalue weighted by atomic mass is 10.2. The van der Waals surface area contributed by atoms with Crippen LogP contribution in [0.25, 0.3) is 0 Å². The first kappa shape index (κ1) is 13.7. The van der Waals surface area contributed by atoms with Crippen molar-refractivity contribution in [3.8, 4) is 6.07 Å². The fourth-order valence-corrected chi connectivity index (χ4v) is 1.21. The Kier molecular flexibility index (Phi) is 11.6. The van der Waals surface area contributed by atoms with Gasteiger partial charge in [0.15, 0.2) is 0 Å². The maximum atomic E-state index is 8.23. The molecular formula is C14H21N. The highest BCUT2D eigenvalue weighted by atomic mass is 14.2. The van der Waals surface area contributed by atoms with Crippen LogP contribution in [-0.2, 0) is 0 Å². The third-order valence-corrected chi connectivity index (χ3v) is 2.06. The molecule has 1 nitrogen and oxygen atoms in total. The predicted octanol–water partition coefficient (Wildman–Crippen LogP) is 4.54. The first-order valence-corrected chi connectivity index (χ1v) is 5.78. The zero-order valence-corrected chi connectivity index (χ0v) is 9.65. The van der Waals surface area contributed by atoms with Gasteiger partial charge in [0.1, 0.15) is 0 Å². The molecule has 0 aliphatic carbocycles. The average molecular weight is 203 g/mol. The first-order chi connectivity index (χ1) is 7.41. The molecule has 0 bridgehead atoms. The maximum Gasteiger partial charge on any atom is 0.0912 e. The Balaban J connectivity index is 3.27. The van der Waals surface area contributed by atoms with Gasteiger partial charge in [0, 0.05) is 6.08 Å². The third kappa shape index (κ3) is 12.7. The van der Waals surface area contributed by atoms with Gasteiger partial charge in [-0.15, -0.1) is 0 Å². The second kappa shape index (κ2) is 12.7. The summed E-state index contributed by atoms with van der Waals surface area (Å²) in [6.07, 6.45) is 19.1. The number of rotatable bonds is 8. The lowest BCUT2D eigenvalue weighted by molar-refractivity contribution is 0.728. The van der Waals surface area contributed by atoms with Crippen LogP contribution in [-0.4, -0.2) is 0 Å². The monoisotopic (exact) mass is 203 g/mol. The van der Waals surface area contributed by atoms with E-state index >= 15 is 0 Å². The molecule has 0 unspecified atom stereocenters. The van der Waals surface area contributed by atoms with Gasteiger partial charge < -0.3 is 0 Å². The van der Waals surface area contributed by atoms with E-state index in [4.69, 9.17) is 5.26 Å². The highest BCUT2D eigenvalue weighted by Gasteiger charge is 1.81. The maximum absolute atomic E-state index is 8.23. The topological polar surface area (TPSA) is 23.8 Å². The third-order valence-electron chi connectivity index (χ3n) is 2.06. The summed E-state index contributed by atoms with van der Waals surface area (Å²) < 4.78 is 0. The van der Waals surface area contributed by atoms with Crippen LogP contribution in [0.1, 0.15) is 45.4 Å². The molecule has 0 aliphatic rings. The molecule has 0 aliphatic heterocycles. The summed E-state index contributed by atoms with van der Waals surface area (Å²) >= 11 is 0. The second-order valence-electron chi connectivity index (χ2n) is 3.46. The molecule has 0 atom stereocenters. The average Bonchev–Trinajstić information content (AvgIpc) is 2.26. The van der Waals surface area contributed by atoms with Gasteiger partial charge in [0.25, 0.3) is 0 Å². The molecule has 0 aromatic heterocycles. The molecule has 0 fully saturated rings. The van der Waals surface area contributed by atoms with Crippen LogP contribution < -0.4 is 0 Å². The first-order valence-electron chi connectivity index (χ1n) is 5.78. The van der Waals surface area contributed by atoms with Gasteiger partial charge in [-0.3, -0.25) is 0 Å². The smallest absolute Gasteiger partial charge is 0.0912 e. The molecule has 82 valence electrons. The molecule has 0 saturated carbocycles. The van der Waals surface area contributed by atoms with Crippen molar-refractivity contribution in [1.29, 1.82) is 5.26 Å². The molecule has 0 amide bonds. The Morgan fingerprint density at radius 1 is 0.933 bits per heavy atom. The minimum absolute atomic E-state index is 1.06. The van der Waals surface area contributed by atoms with Gasteiger partial charge in [-0.1, -0.05) is 50.1 Å². The minimum atomic E-state index is 1.06. The SMILES string of the molecule is CCCCC/C=C/CC/C=C/C=C/C#N. The van der Waals surface area contributed by atoms with Crippen LogP contribution in [0.5, 0.6) is 0 Å². The zero-order chi connectivity index (χ0) is 11.2. The number of unbranched alkanes of at least 4 members (excludes halogenated alkanes) is 4. The summed E-state index contributed by atoms with van der Waals surface area (Å²) in [6.45, 7) is 2.23. The van der Waals surface area contributed by atoms with E-state index in [0.29, 0.717) is 0 Å². The molecule has 1 heteroatoms. The highest BCUT2D eigenvalue weighted by Crippen LogP contribution is 2.01. The number of nitrogens with zero attached hydrogens (tertiary/aromatic N) is 1. The van der Waals surface area contributed by atoms with Crippen molar-refractivity contribution in [2.45, 2.75) is 45.4 Å². The summed E-state index contributed by atoms with van der Waals surface area (Å²) in [5, 5.41) is 8.23. The summed E-state index contributed by atoms with van der Waals surface area (Å²) in [5.41, 5.74) is 0. The van der Waals surface area contributed by atoms with Crippen molar-refractivity contribution in [2.24, 2.45) is 0 Å². The number of allylic oxidation sites excluding steroid dienone is 6. The Morgan fingerprint density at radius 3 is 2.40 bits per heavy atom. The van der Waals surface area contributed by atoms with Crippen LogP contribution in [0.15, 0.2) is 36.5 Å². The fourth-order valence-electron chi connectivity index (χ4n) is 1.21. The molecular weight excluding hydrogens is 182 g/mol. The lowest BCUT2D eigenvalue weighted by Crippen LogP contribution is -1.71. The van der Waals surface area contributed by atoms with E-state index in [1.807, 2.05) is 12.1 Å².